The van der Waals surface area contributed by atoms with E-state index in [9.17, 15) is 8.42 Å². The van der Waals surface area contributed by atoms with Crippen molar-refractivity contribution in [2.45, 2.75) is 4.90 Å². The summed E-state index contributed by atoms with van der Waals surface area (Å²) in [5.41, 5.74) is 1.15. The molecule has 0 aliphatic rings. The maximum absolute atomic E-state index is 11.4. The number of aromatic nitrogens is 1. The lowest BCUT2D eigenvalue weighted by Gasteiger charge is -2.10. The first kappa shape index (κ1) is 12.3. The third kappa shape index (κ3) is 2.26. The number of nitrogens with zero attached hydrogens (tertiary/aromatic N) is 1. The van der Waals surface area contributed by atoms with E-state index >= 15 is 0 Å². The van der Waals surface area contributed by atoms with Gasteiger partial charge in [0.1, 0.15) is 4.90 Å². The smallest absolute Gasteiger partial charge is 0.241 e. The van der Waals surface area contributed by atoms with Crippen molar-refractivity contribution < 1.29 is 8.42 Å². The molecule has 2 rings (SSSR count). The van der Waals surface area contributed by atoms with Gasteiger partial charge in [-0.25, -0.2) is 13.6 Å². The number of hydrogen-bond acceptors (Lipinski definition) is 4. The molecule has 5 nitrogen and oxygen atoms in total. The minimum atomic E-state index is -3.78. The normalized spacial score (nSPS) is 11.7. The van der Waals surface area contributed by atoms with E-state index in [1.807, 2.05) is 12.1 Å². The van der Waals surface area contributed by atoms with Crippen LogP contribution in [0.15, 0.2) is 33.8 Å². The number of rotatable bonds is 2. The van der Waals surface area contributed by atoms with E-state index in [1.165, 1.54) is 6.20 Å². The first-order valence-electron chi connectivity index (χ1n) is 4.72. The molecule has 0 aliphatic carbocycles. The quantitative estimate of drug-likeness (QED) is 0.883. The number of sulfonamides is 1. The van der Waals surface area contributed by atoms with Gasteiger partial charge < -0.3 is 5.32 Å². The molecule has 90 valence electrons. The van der Waals surface area contributed by atoms with Crippen molar-refractivity contribution >= 4 is 42.5 Å². The molecule has 0 unspecified atom stereocenters. The van der Waals surface area contributed by atoms with Crippen LogP contribution < -0.4 is 10.5 Å². The van der Waals surface area contributed by atoms with Gasteiger partial charge in [-0.15, -0.1) is 0 Å². The Morgan fingerprint density at radius 1 is 1.41 bits per heavy atom. The van der Waals surface area contributed by atoms with Gasteiger partial charge in [-0.2, -0.15) is 0 Å². The summed E-state index contributed by atoms with van der Waals surface area (Å²) < 4.78 is 23.7. The molecule has 0 amide bonds. The largest absolute Gasteiger partial charge is 0.386 e. The topological polar surface area (TPSA) is 85.1 Å². The van der Waals surface area contributed by atoms with Gasteiger partial charge in [0.05, 0.1) is 11.2 Å². The van der Waals surface area contributed by atoms with Gasteiger partial charge in [0.25, 0.3) is 0 Å². The van der Waals surface area contributed by atoms with Gasteiger partial charge in [0.15, 0.2) is 0 Å². The predicted molar refractivity (Wildman–Crippen MR) is 70.4 cm³/mol. The summed E-state index contributed by atoms with van der Waals surface area (Å²) in [7, 11) is -2.14. The van der Waals surface area contributed by atoms with Crippen LogP contribution in [-0.4, -0.2) is 20.4 Å². The number of nitrogens with one attached hydrogen (secondary N) is 1. The average molecular weight is 316 g/mol. The number of nitrogens with two attached hydrogens (primary N) is 1. The van der Waals surface area contributed by atoms with Gasteiger partial charge in [-0.1, -0.05) is 15.9 Å². The van der Waals surface area contributed by atoms with Crippen molar-refractivity contribution in [3.63, 3.8) is 0 Å². The van der Waals surface area contributed by atoms with E-state index in [1.54, 1.807) is 13.1 Å². The molecule has 0 aliphatic heterocycles. The Bertz CT molecular complexity index is 685. The van der Waals surface area contributed by atoms with Crippen molar-refractivity contribution in [3.05, 3.63) is 28.9 Å². The molecule has 0 bridgehead atoms. The van der Waals surface area contributed by atoms with Crippen molar-refractivity contribution in [3.8, 4) is 0 Å². The Kier molecular flexibility index (Phi) is 3.07. The molecule has 1 aromatic heterocycles. The van der Waals surface area contributed by atoms with Crippen molar-refractivity contribution in [1.29, 1.82) is 0 Å². The molecule has 0 saturated heterocycles. The third-order valence-electron chi connectivity index (χ3n) is 2.35. The fraction of sp³-hybridized carbons (Fsp3) is 0.100. The van der Waals surface area contributed by atoms with E-state index in [4.69, 9.17) is 5.14 Å². The Hall–Kier alpha value is -1.18. The molecule has 3 N–H and O–H groups in total. The maximum Gasteiger partial charge on any atom is 0.241 e. The molecule has 0 radical (unpaired) electrons. The van der Waals surface area contributed by atoms with Crippen molar-refractivity contribution in [2.75, 3.05) is 12.4 Å². The monoisotopic (exact) mass is 315 g/mol. The van der Waals surface area contributed by atoms with E-state index in [0.29, 0.717) is 16.6 Å². The molecular formula is C10H10BrN3O2S. The van der Waals surface area contributed by atoms with Crippen molar-refractivity contribution in [2.24, 2.45) is 5.14 Å². The highest BCUT2D eigenvalue weighted by Crippen LogP contribution is 2.29. The van der Waals surface area contributed by atoms with Gasteiger partial charge in [0.2, 0.25) is 10.0 Å². The molecule has 1 aromatic carbocycles. The molecule has 2 aromatic rings. The highest BCUT2D eigenvalue weighted by atomic mass is 79.9. The Balaban J connectivity index is 2.88. The number of anilines is 1. The Labute approximate surface area is 107 Å². The molecule has 0 atom stereocenters. The standard InChI is InChI=1S/C10H10BrN3O2S/c1-13-10-7-3-2-6(11)4-8(7)14-5-9(10)17(12,15)16/h2-5H,1H3,(H,13,14)(H2,12,15,16). The molecule has 0 spiro atoms. The summed E-state index contributed by atoms with van der Waals surface area (Å²) >= 11 is 3.33. The minimum absolute atomic E-state index is 0.00479. The van der Waals surface area contributed by atoms with Crippen molar-refractivity contribution in [1.82, 2.24) is 4.98 Å². The molecule has 1 heterocycles. The second kappa shape index (κ2) is 4.25. The van der Waals surface area contributed by atoms with E-state index in [-0.39, 0.29) is 4.90 Å². The summed E-state index contributed by atoms with van der Waals surface area (Å²) in [4.78, 5) is 4.08. The van der Waals surface area contributed by atoms with Gasteiger partial charge in [-0.05, 0) is 18.2 Å². The van der Waals surface area contributed by atoms with Crippen LogP contribution in [0.5, 0.6) is 0 Å². The Morgan fingerprint density at radius 2 is 2.12 bits per heavy atom. The first-order valence-corrected chi connectivity index (χ1v) is 7.06. The summed E-state index contributed by atoms with van der Waals surface area (Å²) in [6, 6.07) is 5.41. The van der Waals surface area contributed by atoms with Crippen LogP contribution in [0.25, 0.3) is 10.9 Å². The summed E-state index contributed by atoms with van der Waals surface area (Å²) in [6.45, 7) is 0. The number of primary sulfonamides is 1. The van der Waals surface area contributed by atoms with Crippen LogP contribution in [0.4, 0.5) is 5.69 Å². The van der Waals surface area contributed by atoms with Crippen LogP contribution in [-0.2, 0) is 10.0 Å². The van der Waals surface area contributed by atoms with E-state index in [2.05, 4.69) is 26.2 Å². The molecule has 17 heavy (non-hydrogen) atoms. The van der Waals surface area contributed by atoms with E-state index < -0.39 is 10.0 Å². The van der Waals surface area contributed by atoms with Crippen LogP contribution in [0, 0.1) is 0 Å². The van der Waals surface area contributed by atoms with Gasteiger partial charge >= 0.3 is 0 Å². The fourth-order valence-electron chi connectivity index (χ4n) is 1.62. The lowest BCUT2D eigenvalue weighted by atomic mass is 10.2. The second-order valence-corrected chi connectivity index (χ2v) is 5.90. The summed E-state index contributed by atoms with van der Waals surface area (Å²) in [5, 5.41) is 8.70. The number of pyridine rings is 1. The van der Waals surface area contributed by atoms with Gasteiger partial charge in [0, 0.05) is 23.1 Å². The zero-order chi connectivity index (χ0) is 12.6. The number of hydrogen-bond donors (Lipinski definition) is 2. The fourth-order valence-corrected chi connectivity index (χ4v) is 2.67. The number of fused-ring (bicyclic) bond motifs is 1. The number of halogens is 1. The zero-order valence-corrected chi connectivity index (χ0v) is 11.3. The van der Waals surface area contributed by atoms with Gasteiger partial charge in [-0.3, -0.25) is 4.98 Å². The van der Waals surface area contributed by atoms with Crippen LogP contribution >= 0.6 is 15.9 Å². The number of benzene rings is 1. The first-order chi connectivity index (χ1) is 7.93. The molecular weight excluding hydrogens is 306 g/mol. The summed E-state index contributed by atoms with van der Waals surface area (Å²) in [5.74, 6) is 0. The SMILES string of the molecule is CNc1c(S(N)(=O)=O)cnc2cc(Br)ccc12. The van der Waals surface area contributed by atoms with Crippen LogP contribution in [0.3, 0.4) is 0 Å². The average Bonchev–Trinajstić information content (AvgIpc) is 2.25. The third-order valence-corrected chi connectivity index (χ3v) is 3.77. The molecule has 7 heteroatoms. The van der Waals surface area contributed by atoms with Crippen LogP contribution in [0.1, 0.15) is 0 Å². The van der Waals surface area contributed by atoms with Crippen LogP contribution in [0.2, 0.25) is 0 Å². The highest BCUT2D eigenvalue weighted by molar-refractivity contribution is 9.10. The lowest BCUT2D eigenvalue weighted by molar-refractivity contribution is 0.598. The van der Waals surface area contributed by atoms with E-state index in [0.717, 1.165) is 4.47 Å². The summed E-state index contributed by atoms with van der Waals surface area (Å²) in [6.07, 6.45) is 1.26. The Morgan fingerprint density at radius 3 is 2.71 bits per heavy atom. The highest BCUT2D eigenvalue weighted by Gasteiger charge is 2.16. The minimum Gasteiger partial charge on any atom is -0.386 e. The molecule has 0 fully saturated rings. The second-order valence-electron chi connectivity index (χ2n) is 3.45. The lowest BCUT2D eigenvalue weighted by Crippen LogP contribution is -2.15. The maximum atomic E-state index is 11.4. The predicted octanol–water partition coefficient (Wildman–Crippen LogP) is 1.69. The molecule has 0 saturated carbocycles. The zero-order valence-electron chi connectivity index (χ0n) is 8.94.